The highest BCUT2D eigenvalue weighted by Gasteiger charge is 2.19. The highest BCUT2D eigenvalue weighted by molar-refractivity contribution is 7.17. The predicted molar refractivity (Wildman–Crippen MR) is 70.1 cm³/mol. The second-order valence-corrected chi connectivity index (χ2v) is 5.45. The van der Waals surface area contributed by atoms with Gasteiger partial charge < -0.3 is 5.32 Å². The van der Waals surface area contributed by atoms with E-state index in [0.29, 0.717) is 0 Å². The Morgan fingerprint density at radius 1 is 1.38 bits per heavy atom. The maximum Gasteiger partial charge on any atom is 0.134 e. The molecule has 0 bridgehead atoms. The minimum absolute atomic E-state index is 1.03. The number of anilines is 1. The first-order chi connectivity index (χ1) is 7.93. The summed E-state index contributed by atoms with van der Waals surface area (Å²) in [6.07, 6.45) is 7.46. The molecule has 0 spiro atoms. The molecule has 1 fully saturated rings. The first-order valence-electron chi connectivity index (χ1n) is 5.99. The Morgan fingerprint density at radius 2 is 2.31 bits per heavy atom. The molecular weight excluding hydrogens is 216 g/mol. The van der Waals surface area contributed by atoms with Crippen molar-refractivity contribution in [3.8, 4) is 0 Å². The van der Waals surface area contributed by atoms with Crippen LogP contribution >= 0.6 is 11.3 Å². The van der Waals surface area contributed by atoms with Gasteiger partial charge in [0.1, 0.15) is 5.82 Å². The van der Waals surface area contributed by atoms with Gasteiger partial charge in [-0.3, -0.25) is 0 Å². The van der Waals surface area contributed by atoms with Crippen LogP contribution in [0.15, 0.2) is 23.7 Å². The quantitative estimate of drug-likeness (QED) is 0.791. The minimum atomic E-state index is 1.03. The van der Waals surface area contributed by atoms with Crippen LogP contribution in [0.5, 0.6) is 0 Å². The van der Waals surface area contributed by atoms with E-state index < -0.39 is 0 Å². The second-order valence-electron chi connectivity index (χ2n) is 4.50. The van der Waals surface area contributed by atoms with Crippen molar-refractivity contribution in [1.29, 1.82) is 0 Å². The van der Waals surface area contributed by atoms with Gasteiger partial charge in [-0.25, -0.2) is 4.98 Å². The fourth-order valence-corrected chi connectivity index (χ4v) is 2.82. The molecule has 0 aromatic carbocycles. The van der Waals surface area contributed by atoms with Crippen molar-refractivity contribution < 1.29 is 0 Å². The third kappa shape index (κ3) is 2.19. The topological polar surface area (TPSA) is 24.9 Å². The molecular formula is C13H16N2S. The summed E-state index contributed by atoms with van der Waals surface area (Å²) in [5, 5.41) is 6.84. The third-order valence-electron chi connectivity index (χ3n) is 3.16. The Balaban J connectivity index is 1.61. The minimum Gasteiger partial charge on any atom is -0.370 e. The molecule has 84 valence electrons. The van der Waals surface area contributed by atoms with Gasteiger partial charge in [-0.05, 0) is 36.3 Å². The maximum absolute atomic E-state index is 4.41. The molecule has 1 aliphatic carbocycles. The number of hydrogen-bond acceptors (Lipinski definition) is 3. The van der Waals surface area contributed by atoms with E-state index in [1.165, 1.54) is 35.8 Å². The molecule has 1 N–H and O–H groups in total. The van der Waals surface area contributed by atoms with Crippen molar-refractivity contribution in [2.24, 2.45) is 5.92 Å². The molecule has 1 aliphatic rings. The van der Waals surface area contributed by atoms with Gasteiger partial charge in [0.2, 0.25) is 0 Å². The SMILES string of the molecule is c1cc2sccc2c(NCCCC2CC2)n1. The average molecular weight is 232 g/mol. The van der Waals surface area contributed by atoms with Gasteiger partial charge in [-0.15, -0.1) is 11.3 Å². The number of hydrogen-bond donors (Lipinski definition) is 1. The Labute approximate surface area is 99.7 Å². The molecule has 0 radical (unpaired) electrons. The summed E-state index contributed by atoms with van der Waals surface area (Å²) >= 11 is 1.78. The van der Waals surface area contributed by atoms with E-state index in [0.717, 1.165) is 18.3 Å². The lowest BCUT2D eigenvalue weighted by atomic mass is 10.2. The predicted octanol–water partition coefficient (Wildman–Crippen LogP) is 3.90. The monoisotopic (exact) mass is 232 g/mol. The van der Waals surface area contributed by atoms with E-state index in [1.54, 1.807) is 11.3 Å². The van der Waals surface area contributed by atoms with Gasteiger partial charge in [0.15, 0.2) is 0 Å². The van der Waals surface area contributed by atoms with Gasteiger partial charge in [-0.2, -0.15) is 0 Å². The zero-order valence-electron chi connectivity index (χ0n) is 9.28. The zero-order chi connectivity index (χ0) is 10.8. The number of nitrogens with one attached hydrogen (secondary N) is 1. The lowest BCUT2D eigenvalue weighted by Crippen LogP contribution is -2.03. The summed E-state index contributed by atoms with van der Waals surface area (Å²) in [4.78, 5) is 4.41. The van der Waals surface area contributed by atoms with Gasteiger partial charge in [0, 0.05) is 22.8 Å². The Kier molecular flexibility index (Phi) is 2.79. The van der Waals surface area contributed by atoms with Gasteiger partial charge in [0.25, 0.3) is 0 Å². The maximum atomic E-state index is 4.41. The molecule has 0 atom stereocenters. The van der Waals surface area contributed by atoms with E-state index in [1.807, 2.05) is 6.20 Å². The molecule has 2 nitrogen and oxygen atoms in total. The fourth-order valence-electron chi connectivity index (χ4n) is 2.04. The lowest BCUT2D eigenvalue weighted by Gasteiger charge is -2.05. The first kappa shape index (κ1) is 10.1. The molecule has 2 heterocycles. The Bertz CT molecular complexity index is 473. The summed E-state index contributed by atoms with van der Waals surface area (Å²) in [5.41, 5.74) is 0. The normalized spacial score (nSPS) is 15.5. The van der Waals surface area contributed by atoms with Crippen molar-refractivity contribution in [3.05, 3.63) is 23.7 Å². The van der Waals surface area contributed by atoms with Gasteiger partial charge >= 0.3 is 0 Å². The van der Waals surface area contributed by atoms with Gasteiger partial charge in [0.05, 0.1) is 0 Å². The van der Waals surface area contributed by atoms with E-state index in [4.69, 9.17) is 0 Å². The van der Waals surface area contributed by atoms with Gasteiger partial charge in [-0.1, -0.05) is 12.8 Å². The molecule has 0 saturated heterocycles. The number of fused-ring (bicyclic) bond motifs is 1. The Morgan fingerprint density at radius 3 is 3.19 bits per heavy atom. The summed E-state index contributed by atoms with van der Waals surface area (Å²) in [6.45, 7) is 1.05. The number of aromatic nitrogens is 1. The molecule has 0 unspecified atom stereocenters. The molecule has 2 aromatic rings. The Hall–Kier alpha value is -1.09. The van der Waals surface area contributed by atoms with Crippen LogP contribution in [0.3, 0.4) is 0 Å². The standard InChI is InChI=1S/C13H16N2S/c1(2-10-3-4-10)7-14-13-11-6-9-16-12(11)5-8-15-13/h5-6,8-10H,1-4,7H2,(H,14,15). The highest BCUT2D eigenvalue weighted by Crippen LogP contribution is 2.33. The number of nitrogens with zero attached hydrogens (tertiary/aromatic N) is 1. The largest absolute Gasteiger partial charge is 0.370 e. The number of thiophene rings is 1. The van der Waals surface area contributed by atoms with E-state index in [-0.39, 0.29) is 0 Å². The van der Waals surface area contributed by atoms with Crippen LogP contribution in [-0.2, 0) is 0 Å². The molecule has 3 heteroatoms. The summed E-state index contributed by atoms with van der Waals surface area (Å²) in [6, 6.07) is 4.23. The van der Waals surface area contributed by atoms with Crippen LogP contribution < -0.4 is 5.32 Å². The van der Waals surface area contributed by atoms with Crippen molar-refractivity contribution in [1.82, 2.24) is 4.98 Å². The smallest absolute Gasteiger partial charge is 0.134 e. The number of pyridine rings is 1. The van der Waals surface area contributed by atoms with E-state index >= 15 is 0 Å². The molecule has 0 amide bonds. The second kappa shape index (κ2) is 4.42. The van der Waals surface area contributed by atoms with Crippen LogP contribution in [-0.4, -0.2) is 11.5 Å². The van der Waals surface area contributed by atoms with Crippen molar-refractivity contribution in [2.45, 2.75) is 25.7 Å². The molecule has 0 aliphatic heterocycles. The summed E-state index contributed by atoms with van der Waals surface area (Å²) in [7, 11) is 0. The molecule has 16 heavy (non-hydrogen) atoms. The van der Waals surface area contributed by atoms with Crippen LogP contribution in [0.25, 0.3) is 10.1 Å². The lowest BCUT2D eigenvalue weighted by molar-refractivity contribution is 0.687. The fraction of sp³-hybridized carbons (Fsp3) is 0.462. The van der Waals surface area contributed by atoms with Crippen molar-refractivity contribution in [2.75, 3.05) is 11.9 Å². The number of rotatable bonds is 5. The molecule has 1 saturated carbocycles. The molecule has 2 aromatic heterocycles. The summed E-state index contributed by atoms with van der Waals surface area (Å²) < 4.78 is 1.32. The van der Waals surface area contributed by atoms with E-state index in [2.05, 4.69) is 27.8 Å². The van der Waals surface area contributed by atoms with Crippen LogP contribution in [0.4, 0.5) is 5.82 Å². The van der Waals surface area contributed by atoms with Crippen molar-refractivity contribution >= 4 is 27.2 Å². The highest BCUT2D eigenvalue weighted by atomic mass is 32.1. The van der Waals surface area contributed by atoms with Crippen LogP contribution in [0.2, 0.25) is 0 Å². The van der Waals surface area contributed by atoms with Crippen LogP contribution in [0.1, 0.15) is 25.7 Å². The van der Waals surface area contributed by atoms with E-state index in [9.17, 15) is 0 Å². The zero-order valence-corrected chi connectivity index (χ0v) is 10.1. The third-order valence-corrected chi connectivity index (χ3v) is 4.04. The first-order valence-corrected chi connectivity index (χ1v) is 6.87. The average Bonchev–Trinajstić information content (AvgIpc) is 3.00. The summed E-state index contributed by atoms with van der Waals surface area (Å²) in [5.74, 6) is 2.08. The molecule has 3 rings (SSSR count). The van der Waals surface area contributed by atoms with Crippen molar-refractivity contribution in [3.63, 3.8) is 0 Å². The van der Waals surface area contributed by atoms with Crippen LogP contribution in [0, 0.1) is 5.92 Å².